The molecule has 1 saturated heterocycles. The molecule has 0 aliphatic carbocycles. The molecule has 0 radical (unpaired) electrons. The molecule has 7 heteroatoms. The van der Waals surface area contributed by atoms with Gasteiger partial charge in [-0.2, -0.15) is 5.10 Å². The fourth-order valence-corrected chi connectivity index (χ4v) is 3.09. The highest BCUT2D eigenvalue weighted by atomic mass is 19.1. The van der Waals surface area contributed by atoms with Crippen molar-refractivity contribution in [2.75, 3.05) is 26.8 Å². The van der Waals surface area contributed by atoms with Gasteiger partial charge in [-0.15, -0.1) is 0 Å². The number of benzene rings is 1. The Hall–Kier alpha value is -2.25. The lowest BCUT2D eigenvalue weighted by Gasteiger charge is -2.42. The van der Waals surface area contributed by atoms with Gasteiger partial charge in [-0.3, -0.25) is 9.89 Å². The van der Waals surface area contributed by atoms with Gasteiger partial charge in [0.1, 0.15) is 11.5 Å². The molecule has 1 fully saturated rings. The summed E-state index contributed by atoms with van der Waals surface area (Å²) in [7, 11) is 1.61. The molecule has 1 aliphatic heterocycles. The minimum Gasteiger partial charge on any atom is -0.382 e. The number of aromatic amines is 1. The third-order valence-corrected chi connectivity index (χ3v) is 4.07. The number of hydrogen-bond donors (Lipinski definition) is 1. The molecule has 1 aliphatic rings. The molecular formula is C18H22FN3O3. The number of ether oxygens (including phenoxy) is 2. The molecule has 6 nitrogen and oxygen atoms in total. The standard InChI is InChI=1S/C18H22FN3O3/c1-18(2)11-22(9-14(25-18)10-24-3)17(23)16-8-15(20-21-16)12-4-6-13(19)7-5-12/h4-8,14H,9-11H2,1-3H3,(H,20,21). The molecule has 1 aromatic heterocycles. The van der Waals surface area contributed by atoms with E-state index in [1.165, 1.54) is 12.1 Å². The lowest BCUT2D eigenvalue weighted by Crippen LogP contribution is -2.55. The van der Waals surface area contributed by atoms with E-state index in [0.29, 0.717) is 31.1 Å². The Balaban J connectivity index is 1.77. The quantitative estimate of drug-likeness (QED) is 0.923. The zero-order valence-electron chi connectivity index (χ0n) is 14.6. The second-order valence-corrected chi connectivity index (χ2v) is 6.81. The minimum absolute atomic E-state index is 0.140. The first-order valence-electron chi connectivity index (χ1n) is 8.15. The second-order valence-electron chi connectivity index (χ2n) is 6.81. The fourth-order valence-electron chi connectivity index (χ4n) is 3.09. The number of nitrogens with zero attached hydrogens (tertiary/aromatic N) is 2. The van der Waals surface area contributed by atoms with Gasteiger partial charge in [-0.1, -0.05) is 0 Å². The number of carbonyl (C=O) groups is 1. The van der Waals surface area contributed by atoms with Crippen molar-refractivity contribution in [2.45, 2.75) is 25.6 Å². The Kier molecular flexibility index (Phi) is 4.87. The van der Waals surface area contributed by atoms with Crippen LogP contribution in [0.1, 0.15) is 24.3 Å². The molecule has 25 heavy (non-hydrogen) atoms. The lowest BCUT2D eigenvalue weighted by molar-refractivity contribution is -0.143. The summed E-state index contributed by atoms with van der Waals surface area (Å²) in [6.07, 6.45) is -0.169. The Bertz CT molecular complexity index is 742. The van der Waals surface area contributed by atoms with E-state index < -0.39 is 5.60 Å². The van der Waals surface area contributed by atoms with Gasteiger partial charge in [0, 0.05) is 25.8 Å². The van der Waals surface area contributed by atoms with Crippen LogP contribution < -0.4 is 0 Å². The van der Waals surface area contributed by atoms with Crippen molar-refractivity contribution in [1.29, 1.82) is 0 Å². The van der Waals surface area contributed by atoms with Crippen LogP contribution in [0.5, 0.6) is 0 Å². The predicted molar refractivity (Wildman–Crippen MR) is 90.7 cm³/mol. The molecule has 1 amide bonds. The van der Waals surface area contributed by atoms with E-state index in [-0.39, 0.29) is 17.8 Å². The summed E-state index contributed by atoms with van der Waals surface area (Å²) in [5.74, 6) is -0.450. The number of nitrogens with one attached hydrogen (secondary N) is 1. The molecule has 134 valence electrons. The van der Waals surface area contributed by atoms with Gasteiger partial charge in [0.2, 0.25) is 0 Å². The number of rotatable bonds is 4. The monoisotopic (exact) mass is 347 g/mol. The molecule has 2 heterocycles. The van der Waals surface area contributed by atoms with E-state index >= 15 is 0 Å². The molecule has 2 aromatic rings. The number of hydrogen-bond acceptors (Lipinski definition) is 4. The van der Waals surface area contributed by atoms with Crippen LogP contribution >= 0.6 is 0 Å². The Labute approximate surface area is 145 Å². The van der Waals surface area contributed by atoms with Crippen LogP contribution in [0.2, 0.25) is 0 Å². The zero-order valence-corrected chi connectivity index (χ0v) is 14.6. The van der Waals surface area contributed by atoms with E-state index in [4.69, 9.17) is 9.47 Å². The summed E-state index contributed by atoms with van der Waals surface area (Å²) in [5, 5.41) is 6.96. The van der Waals surface area contributed by atoms with Crippen molar-refractivity contribution in [3.05, 3.63) is 41.8 Å². The molecule has 0 spiro atoms. The second kappa shape index (κ2) is 6.93. The van der Waals surface area contributed by atoms with Crippen molar-refractivity contribution in [1.82, 2.24) is 15.1 Å². The average molecular weight is 347 g/mol. The van der Waals surface area contributed by atoms with Crippen LogP contribution in [0.4, 0.5) is 4.39 Å². The van der Waals surface area contributed by atoms with Gasteiger partial charge in [0.15, 0.2) is 0 Å². The minimum atomic E-state index is -0.448. The summed E-state index contributed by atoms with van der Waals surface area (Å²) in [6, 6.07) is 7.68. The largest absolute Gasteiger partial charge is 0.382 e. The fraction of sp³-hybridized carbons (Fsp3) is 0.444. The maximum absolute atomic E-state index is 13.0. The number of aromatic nitrogens is 2. The Morgan fingerprint density at radius 1 is 1.44 bits per heavy atom. The first-order valence-corrected chi connectivity index (χ1v) is 8.15. The van der Waals surface area contributed by atoms with E-state index in [0.717, 1.165) is 5.56 Å². The van der Waals surface area contributed by atoms with Crippen LogP contribution in [0.15, 0.2) is 30.3 Å². The predicted octanol–water partition coefficient (Wildman–Crippen LogP) is 2.48. The van der Waals surface area contributed by atoms with Crippen molar-refractivity contribution in [3.8, 4) is 11.3 Å². The highest BCUT2D eigenvalue weighted by Gasteiger charge is 2.36. The summed E-state index contributed by atoms with van der Waals surface area (Å²) in [5.41, 5.74) is 1.30. The SMILES string of the molecule is COCC1CN(C(=O)c2cc(-c3ccc(F)cc3)n[nH]2)CC(C)(C)O1. The summed E-state index contributed by atoms with van der Waals surface area (Å²) < 4.78 is 24.1. The van der Waals surface area contributed by atoms with Gasteiger partial charge < -0.3 is 14.4 Å². The van der Waals surface area contributed by atoms with Crippen LogP contribution in [0.3, 0.4) is 0 Å². The maximum Gasteiger partial charge on any atom is 0.272 e. The third-order valence-electron chi connectivity index (χ3n) is 4.07. The Morgan fingerprint density at radius 2 is 2.16 bits per heavy atom. The van der Waals surface area contributed by atoms with Gasteiger partial charge in [0.25, 0.3) is 5.91 Å². The molecule has 1 atom stereocenters. The number of morpholine rings is 1. The zero-order chi connectivity index (χ0) is 18.0. The number of methoxy groups -OCH3 is 1. The molecular weight excluding hydrogens is 325 g/mol. The van der Waals surface area contributed by atoms with Crippen LogP contribution in [-0.4, -0.2) is 59.5 Å². The topological polar surface area (TPSA) is 67.5 Å². The number of halogens is 1. The third kappa shape index (κ3) is 4.05. The van der Waals surface area contributed by atoms with Gasteiger partial charge in [0.05, 0.1) is 24.0 Å². The van der Waals surface area contributed by atoms with E-state index in [1.54, 1.807) is 30.2 Å². The maximum atomic E-state index is 13.0. The van der Waals surface area contributed by atoms with Crippen LogP contribution in [-0.2, 0) is 9.47 Å². The lowest BCUT2D eigenvalue weighted by atomic mass is 10.0. The highest BCUT2D eigenvalue weighted by molar-refractivity contribution is 5.93. The normalized spacial score (nSPS) is 19.8. The summed E-state index contributed by atoms with van der Waals surface area (Å²) in [6.45, 7) is 5.27. The number of carbonyl (C=O) groups excluding carboxylic acids is 1. The number of H-pyrrole nitrogens is 1. The van der Waals surface area contributed by atoms with Gasteiger partial charge in [-0.25, -0.2) is 4.39 Å². The molecule has 1 unspecified atom stereocenters. The smallest absolute Gasteiger partial charge is 0.272 e. The van der Waals surface area contributed by atoms with Gasteiger partial charge in [-0.05, 0) is 44.2 Å². The summed E-state index contributed by atoms with van der Waals surface area (Å²) >= 11 is 0. The Morgan fingerprint density at radius 3 is 2.84 bits per heavy atom. The van der Waals surface area contributed by atoms with Crippen molar-refractivity contribution in [2.24, 2.45) is 0 Å². The van der Waals surface area contributed by atoms with Crippen molar-refractivity contribution >= 4 is 5.91 Å². The van der Waals surface area contributed by atoms with Crippen LogP contribution in [0.25, 0.3) is 11.3 Å². The van der Waals surface area contributed by atoms with Crippen molar-refractivity contribution < 1.29 is 18.7 Å². The van der Waals surface area contributed by atoms with Crippen LogP contribution in [0, 0.1) is 5.82 Å². The van der Waals surface area contributed by atoms with E-state index in [2.05, 4.69) is 10.2 Å². The highest BCUT2D eigenvalue weighted by Crippen LogP contribution is 2.24. The first-order chi connectivity index (χ1) is 11.9. The first kappa shape index (κ1) is 17.6. The molecule has 0 bridgehead atoms. The molecule has 0 saturated carbocycles. The van der Waals surface area contributed by atoms with Crippen molar-refractivity contribution in [3.63, 3.8) is 0 Å². The van der Waals surface area contributed by atoms with E-state index in [1.807, 2.05) is 13.8 Å². The van der Waals surface area contributed by atoms with E-state index in [9.17, 15) is 9.18 Å². The number of amides is 1. The van der Waals surface area contributed by atoms with Gasteiger partial charge >= 0.3 is 0 Å². The molecule has 1 aromatic carbocycles. The average Bonchev–Trinajstić information content (AvgIpc) is 3.03. The molecule has 1 N–H and O–H groups in total. The summed E-state index contributed by atoms with van der Waals surface area (Å²) in [4.78, 5) is 14.6. The molecule has 3 rings (SSSR count).